The molecule has 1 nitrogen and oxygen atoms in total. The van der Waals surface area contributed by atoms with Gasteiger partial charge in [-0.1, -0.05) is 18.9 Å². The van der Waals surface area contributed by atoms with Crippen molar-refractivity contribution in [2.75, 3.05) is 7.05 Å². The minimum atomic E-state index is 0.553. The summed E-state index contributed by atoms with van der Waals surface area (Å²) in [5.41, 5.74) is 0. The van der Waals surface area contributed by atoms with Crippen LogP contribution in [0.3, 0.4) is 0 Å². The van der Waals surface area contributed by atoms with Gasteiger partial charge in [0.15, 0.2) is 0 Å². The Balaban J connectivity index is 2.12. The van der Waals surface area contributed by atoms with Gasteiger partial charge in [0.1, 0.15) is 0 Å². The molecule has 1 rings (SSSR count). The fraction of sp³-hybridized carbons (Fsp3) is 0.750. The van der Waals surface area contributed by atoms with E-state index >= 15 is 0 Å². The van der Waals surface area contributed by atoms with E-state index in [1.807, 2.05) is 13.1 Å². The Labute approximate surface area is 57.1 Å². The van der Waals surface area contributed by atoms with E-state index in [2.05, 4.69) is 11.9 Å². The van der Waals surface area contributed by atoms with E-state index in [1.165, 1.54) is 19.3 Å². The van der Waals surface area contributed by atoms with Gasteiger partial charge in [-0.25, -0.2) is 0 Å². The van der Waals surface area contributed by atoms with Gasteiger partial charge in [-0.2, -0.15) is 0 Å². The molecular formula is C8H15N. The van der Waals surface area contributed by atoms with Crippen molar-refractivity contribution >= 4 is 0 Å². The number of nitrogens with one attached hydrogen (secondary N) is 1. The maximum absolute atomic E-state index is 3.75. The van der Waals surface area contributed by atoms with Crippen LogP contribution in [0.1, 0.15) is 19.3 Å². The van der Waals surface area contributed by atoms with Crippen molar-refractivity contribution in [2.24, 2.45) is 5.92 Å². The maximum Gasteiger partial charge on any atom is 0.0247 e. The molecule has 1 saturated carbocycles. The molecule has 0 aromatic heterocycles. The Bertz CT molecular complexity index is 94.7. The smallest absolute Gasteiger partial charge is 0.0247 e. The third kappa shape index (κ3) is 2.19. The van der Waals surface area contributed by atoms with Crippen LogP contribution in [0, 0.1) is 5.92 Å². The molecule has 0 aromatic rings. The highest BCUT2D eigenvalue weighted by molar-refractivity contribution is 4.89. The van der Waals surface area contributed by atoms with Gasteiger partial charge in [0.25, 0.3) is 0 Å². The molecule has 0 aromatic carbocycles. The fourth-order valence-electron chi connectivity index (χ4n) is 1.04. The molecule has 0 spiro atoms. The van der Waals surface area contributed by atoms with E-state index in [4.69, 9.17) is 0 Å². The number of likely N-dealkylation sites (N-methyl/N-ethyl adjacent to an activating group) is 1. The van der Waals surface area contributed by atoms with E-state index in [0.717, 1.165) is 5.92 Å². The summed E-state index contributed by atoms with van der Waals surface area (Å²) in [6, 6.07) is 0.553. The molecule has 1 atom stereocenters. The average Bonchev–Trinajstić information content (AvgIpc) is 2.66. The molecule has 1 aliphatic carbocycles. The summed E-state index contributed by atoms with van der Waals surface area (Å²) in [5.74, 6) is 1.00. The average molecular weight is 125 g/mol. The summed E-state index contributed by atoms with van der Waals surface area (Å²) in [7, 11) is 1.99. The summed E-state index contributed by atoms with van der Waals surface area (Å²) < 4.78 is 0. The van der Waals surface area contributed by atoms with Gasteiger partial charge in [0.05, 0.1) is 0 Å². The van der Waals surface area contributed by atoms with Gasteiger partial charge < -0.3 is 5.32 Å². The van der Waals surface area contributed by atoms with E-state index in [0.29, 0.717) is 6.04 Å². The van der Waals surface area contributed by atoms with Crippen LogP contribution in [0.15, 0.2) is 12.7 Å². The number of hydrogen-bond acceptors (Lipinski definition) is 1. The Morgan fingerprint density at radius 2 is 2.44 bits per heavy atom. The summed E-state index contributed by atoms with van der Waals surface area (Å²) in [5, 5.41) is 3.20. The summed E-state index contributed by atoms with van der Waals surface area (Å²) >= 11 is 0. The minimum absolute atomic E-state index is 0.553. The molecule has 1 N–H and O–H groups in total. The molecule has 1 fully saturated rings. The quantitative estimate of drug-likeness (QED) is 0.562. The Kier molecular flexibility index (Phi) is 2.29. The lowest BCUT2D eigenvalue weighted by molar-refractivity contribution is 0.573. The van der Waals surface area contributed by atoms with Crippen molar-refractivity contribution in [2.45, 2.75) is 25.3 Å². The van der Waals surface area contributed by atoms with Gasteiger partial charge in [0.2, 0.25) is 0 Å². The second-order valence-corrected chi connectivity index (χ2v) is 2.81. The summed E-state index contributed by atoms with van der Waals surface area (Å²) in [6.45, 7) is 3.75. The first-order valence-electron chi connectivity index (χ1n) is 3.66. The largest absolute Gasteiger partial charge is 0.314 e. The van der Waals surface area contributed by atoms with E-state index in [1.54, 1.807) is 0 Å². The zero-order valence-corrected chi connectivity index (χ0v) is 6.06. The van der Waals surface area contributed by atoms with Crippen molar-refractivity contribution in [3.63, 3.8) is 0 Å². The molecule has 0 heterocycles. The van der Waals surface area contributed by atoms with Crippen LogP contribution in [0.25, 0.3) is 0 Å². The lowest BCUT2D eigenvalue weighted by Gasteiger charge is -2.08. The first-order valence-corrected chi connectivity index (χ1v) is 3.66. The monoisotopic (exact) mass is 125 g/mol. The van der Waals surface area contributed by atoms with Crippen LogP contribution in [-0.4, -0.2) is 13.1 Å². The predicted molar refractivity (Wildman–Crippen MR) is 40.4 cm³/mol. The van der Waals surface area contributed by atoms with E-state index in [-0.39, 0.29) is 0 Å². The number of rotatable bonds is 4. The molecule has 0 bridgehead atoms. The molecular weight excluding hydrogens is 110 g/mol. The molecule has 0 aliphatic heterocycles. The Hall–Kier alpha value is -0.300. The highest BCUT2D eigenvalue weighted by Crippen LogP contribution is 2.33. The lowest BCUT2D eigenvalue weighted by atomic mass is 10.1. The van der Waals surface area contributed by atoms with Crippen LogP contribution in [0.2, 0.25) is 0 Å². The fourth-order valence-corrected chi connectivity index (χ4v) is 1.04. The second-order valence-electron chi connectivity index (χ2n) is 2.81. The molecule has 0 saturated heterocycles. The van der Waals surface area contributed by atoms with Crippen molar-refractivity contribution in [1.82, 2.24) is 5.32 Å². The molecule has 9 heavy (non-hydrogen) atoms. The Morgan fingerprint density at radius 3 is 2.78 bits per heavy atom. The highest BCUT2D eigenvalue weighted by atomic mass is 14.9. The van der Waals surface area contributed by atoms with Crippen molar-refractivity contribution in [3.8, 4) is 0 Å². The van der Waals surface area contributed by atoms with Crippen molar-refractivity contribution in [1.29, 1.82) is 0 Å². The third-order valence-corrected chi connectivity index (χ3v) is 1.94. The molecule has 1 unspecified atom stereocenters. The van der Waals surface area contributed by atoms with E-state index < -0.39 is 0 Å². The normalized spacial score (nSPS) is 21.4. The second kappa shape index (κ2) is 3.02. The first-order chi connectivity index (χ1) is 4.36. The minimum Gasteiger partial charge on any atom is -0.314 e. The van der Waals surface area contributed by atoms with Crippen LogP contribution in [-0.2, 0) is 0 Å². The maximum atomic E-state index is 3.75. The lowest BCUT2D eigenvalue weighted by Crippen LogP contribution is -2.22. The molecule has 1 aliphatic rings. The van der Waals surface area contributed by atoms with Gasteiger partial charge in [-0.05, 0) is 19.4 Å². The first kappa shape index (κ1) is 6.81. The van der Waals surface area contributed by atoms with Crippen LogP contribution < -0.4 is 5.32 Å². The molecule has 0 radical (unpaired) electrons. The van der Waals surface area contributed by atoms with Crippen LogP contribution in [0.4, 0.5) is 0 Å². The number of hydrogen-bond donors (Lipinski definition) is 1. The summed E-state index contributed by atoms with van der Waals surface area (Å²) in [4.78, 5) is 0. The van der Waals surface area contributed by atoms with Gasteiger partial charge in [0, 0.05) is 6.04 Å². The SMILES string of the molecule is C=CC(CC1CC1)NC. The van der Waals surface area contributed by atoms with Crippen molar-refractivity contribution < 1.29 is 0 Å². The molecule has 0 amide bonds. The zero-order chi connectivity index (χ0) is 6.69. The summed E-state index contributed by atoms with van der Waals surface area (Å²) in [6.07, 6.45) is 6.16. The topological polar surface area (TPSA) is 12.0 Å². The predicted octanol–water partition coefficient (Wildman–Crippen LogP) is 1.56. The van der Waals surface area contributed by atoms with Gasteiger partial charge in [-0.15, -0.1) is 6.58 Å². The highest BCUT2D eigenvalue weighted by Gasteiger charge is 2.23. The zero-order valence-electron chi connectivity index (χ0n) is 6.06. The van der Waals surface area contributed by atoms with E-state index in [9.17, 15) is 0 Å². The standard InChI is InChI=1S/C8H15N/c1-3-8(9-2)6-7-4-5-7/h3,7-9H,1,4-6H2,2H3. The molecule has 52 valence electrons. The third-order valence-electron chi connectivity index (χ3n) is 1.94. The Morgan fingerprint density at radius 1 is 1.78 bits per heavy atom. The van der Waals surface area contributed by atoms with Crippen LogP contribution >= 0.6 is 0 Å². The van der Waals surface area contributed by atoms with Gasteiger partial charge >= 0.3 is 0 Å². The van der Waals surface area contributed by atoms with Gasteiger partial charge in [-0.3, -0.25) is 0 Å². The molecule has 1 heteroatoms. The van der Waals surface area contributed by atoms with Crippen molar-refractivity contribution in [3.05, 3.63) is 12.7 Å². The van der Waals surface area contributed by atoms with Crippen LogP contribution in [0.5, 0.6) is 0 Å².